The molecule has 0 amide bonds. The smallest absolute Gasteiger partial charge is 0.303 e. The number of carbonyl (C=O) groups excluding carboxylic acids is 1. The van der Waals surface area contributed by atoms with Crippen LogP contribution in [0.2, 0.25) is 0 Å². The number of hydrogen-bond acceptors (Lipinski definition) is 3. The van der Waals surface area contributed by atoms with Crippen molar-refractivity contribution in [1.29, 1.82) is 0 Å². The van der Waals surface area contributed by atoms with Gasteiger partial charge in [0.2, 0.25) is 0 Å². The van der Waals surface area contributed by atoms with E-state index in [1.807, 2.05) is 0 Å². The van der Waals surface area contributed by atoms with E-state index in [1.165, 1.54) is 39.0 Å². The maximum absolute atomic E-state index is 11.4. The summed E-state index contributed by atoms with van der Waals surface area (Å²) in [5.41, 5.74) is 2.19. The minimum Gasteiger partial charge on any atom is -0.481 e. The molecule has 168 valence electrons. The minimum atomic E-state index is -0.660. The number of carboxylic acid groups (broad SMARTS) is 1. The Morgan fingerprint density at radius 1 is 1.17 bits per heavy atom. The van der Waals surface area contributed by atoms with Gasteiger partial charge in [0.1, 0.15) is 6.10 Å². The van der Waals surface area contributed by atoms with Gasteiger partial charge in [-0.3, -0.25) is 9.59 Å². The Morgan fingerprint density at radius 2 is 1.93 bits per heavy atom. The number of esters is 1. The number of aliphatic carboxylic acids is 1. The van der Waals surface area contributed by atoms with Crippen LogP contribution in [0.4, 0.5) is 0 Å². The van der Waals surface area contributed by atoms with E-state index < -0.39 is 5.97 Å². The van der Waals surface area contributed by atoms with Crippen molar-refractivity contribution in [3.8, 4) is 0 Å². The fourth-order valence-corrected chi connectivity index (χ4v) is 8.49. The number of rotatable bonds is 5. The first-order valence-electron chi connectivity index (χ1n) is 12.2. The Morgan fingerprint density at radius 3 is 2.63 bits per heavy atom. The average Bonchev–Trinajstić information content (AvgIpc) is 3.03. The van der Waals surface area contributed by atoms with Gasteiger partial charge in [-0.05, 0) is 91.8 Å². The quantitative estimate of drug-likeness (QED) is 0.441. The molecule has 0 spiro atoms. The molecule has 6 unspecified atom stereocenters. The van der Waals surface area contributed by atoms with Crippen molar-refractivity contribution in [3.63, 3.8) is 0 Å². The van der Waals surface area contributed by atoms with Gasteiger partial charge in [-0.15, -0.1) is 0 Å². The number of ether oxygens (including phenoxy) is 1. The van der Waals surface area contributed by atoms with Gasteiger partial charge in [-0.1, -0.05) is 32.4 Å². The minimum absolute atomic E-state index is 0.0678. The van der Waals surface area contributed by atoms with Crippen LogP contribution in [0.15, 0.2) is 11.6 Å². The molecule has 8 atom stereocenters. The third-order valence-electron chi connectivity index (χ3n) is 9.97. The molecular formula is C26H40O4. The Balaban J connectivity index is 1.51. The first-order chi connectivity index (χ1) is 14.1. The SMILES string of the molecule is CC(=O)OC1CC[C@@]2(C)C(=CCC3C4CCC(C(C)CCC(=O)O)[C@@]4(C)CCC32)C1. The summed E-state index contributed by atoms with van der Waals surface area (Å²) in [7, 11) is 0. The normalized spacial score (nSPS) is 43.6. The molecule has 4 nitrogen and oxygen atoms in total. The van der Waals surface area contributed by atoms with Crippen LogP contribution < -0.4 is 0 Å². The lowest BCUT2D eigenvalue weighted by Gasteiger charge is -2.58. The molecule has 30 heavy (non-hydrogen) atoms. The number of allylic oxidation sites excluding steroid dienone is 1. The van der Waals surface area contributed by atoms with Crippen LogP contribution in [-0.2, 0) is 14.3 Å². The summed E-state index contributed by atoms with van der Waals surface area (Å²) in [5, 5.41) is 9.13. The van der Waals surface area contributed by atoms with E-state index in [-0.39, 0.29) is 17.5 Å². The van der Waals surface area contributed by atoms with Crippen LogP contribution in [0.1, 0.15) is 91.9 Å². The lowest BCUT2D eigenvalue weighted by Crippen LogP contribution is -2.51. The molecule has 4 aliphatic rings. The first kappa shape index (κ1) is 21.9. The maximum Gasteiger partial charge on any atom is 0.303 e. The van der Waals surface area contributed by atoms with Crippen molar-refractivity contribution in [2.45, 2.75) is 98.0 Å². The Labute approximate surface area is 181 Å². The molecule has 4 aliphatic carbocycles. The molecule has 0 aromatic carbocycles. The average molecular weight is 417 g/mol. The molecule has 0 bridgehead atoms. The first-order valence-corrected chi connectivity index (χ1v) is 12.2. The summed E-state index contributed by atoms with van der Waals surface area (Å²) >= 11 is 0. The predicted molar refractivity (Wildman–Crippen MR) is 117 cm³/mol. The van der Waals surface area contributed by atoms with E-state index in [9.17, 15) is 9.59 Å². The van der Waals surface area contributed by atoms with E-state index in [2.05, 4.69) is 26.8 Å². The second kappa shape index (κ2) is 7.98. The van der Waals surface area contributed by atoms with E-state index in [0.29, 0.717) is 23.7 Å². The molecule has 0 aliphatic heterocycles. The third kappa shape index (κ3) is 3.62. The Hall–Kier alpha value is -1.32. The van der Waals surface area contributed by atoms with Gasteiger partial charge in [-0.2, -0.15) is 0 Å². The second-order valence-electron chi connectivity index (χ2n) is 11.4. The maximum atomic E-state index is 11.4. The summed E-state index contributed by atoms with van der Waals surface area (Å²) in [4.78, 5) is 22.5. The molecule has 4 rings (SSSR count). The zero-order valence-corrected chi connectivity index (χ0v) is 19.3. The van der Waals surface area contributed by atoms with Crippen LogP contribution >= 0.6 is 0 Å². The van der Waals surface area contributed by atoms with Gasteiger partial charge >= 0.3 is 11.9 Å². The number of carboxylic acids is 1. The number of fused-ring (bicyclic) bond motifs is 5. The van der Waals surface area contributed by atoms with Crippen molar-refractivity contribution in [2.75, 3.05) is 0 Å². The van der Waals surface area contributed by atoms with Crippen LogP contribution in [-0.4, -0.2) is 23.1 Å². The molecule has 3 fully saturated rings. The molecule has 3 saturated carbocycles. The van der Waals surface area contributed by atoms with Crippen LogP contribution in [0, 0.1) is 40.4 Å². The van der Waals surface area contributed by atoms with E-state index in [1.54, 1.807) is 5.57 Å². The standard InChI is InChI=1S/C26H40O4/c1-16(5-10-24(28)29)21-8-9-22-20-7-6-18-15-19(30-17(2)27)11-13-25(18,3)23(20)12-14-26(21,22)4/h6,16,19-23H,5,7-15H2,1-4H3,(H,28,29)/t16?,19?,20?,21?,22?,23?,25-,26+/m0/s1. The molecular weight excluding hydrogens is 376 g/mol. The molecule has 0 heterocycles. The lowest BCUT2D eigenvalue weighted by atomic mass is 9.47. The van der Waals surface area contributed by atoms with Gasteiger partial charge in [0, 0.05) is 19.8 Å². The Bertz CT molecular complexity index is 727. The third-order valence-corrected chi connectivity index (χ3v) is 9.97. The highest BCUT2D eigenvalue weighted by atomic mass is 16.5. The molecule has 0 saturated heterocycles. The van der Waals surface area contributed by atoms with E-state index in [0.717, 1.165) is 43.4 Å². The molecule has 0 aromatic rings. The number of carbonyl (C=O) groups is 2. The monoisotopic (exact) mass is 416 g/mol. The van der Waals surface area contributed by atoms with Crippen molar-refractivity contribution in [2.24, 2.45) is 40.4 Å². The van der Waals surface area contributed by atoms with Crippen molar-refractivity contribution in [1.82, 2.24) is 0 Å². The zero-order chi connectivity index (χ0) is 21.7. The number of hydrogen-bond donors (Lipinski definition) is 1. The largest absolute Gasteiger partial charge is 0.481 e. The fourth-order valence-electron chi connectivity index (χ4n) is 8.49. The highest BCUT2D eigenvalue weighted by Gasteiger charge is 2.59. The van der Waals surface area contributed by atoms with Gasteiger partial charge in [-0.25, -0.2) is 0 Å². The van der Waals surface area contributed by atoms with Gasteiger partial charge < -0.3 is 9.84 Å². The van der Waals surface area contributed by atoms with Crippen LogP contribution in [0.25, 0.3) is 0 Å². The molecule has 0 radical (unpaired) electrons. The lowest BCUT2D eigenvalue weighted by molar-refractivity contribution is -0.148. The summed E-state index contributed by atoms with van der Waals surface area (Å²) in [6.07, 6.45) is 13.1. The molecule has 0 aromatic heterocycles. The van der Waals surface area contributed by atoms with Gasteiger partial charge in [0.05, 0.1) is 0 Å². The van der Waals surface area contributed by atoms with E-state index >= 15 is 0 Å². The summed E-state index contributed by atoms with van der Waals surface area (Å²) in [6.45, 7) is 8.84. The van der Waals surface area contributed by atoms with Gasteiger partial charge in [0.15, 0.2) is 0 Å². The van der Waals surface area contributed by atoms with E-state index in [4.69, 9.17) is 9.84 Å². The Kier molecular flexibility index (Phi) is 5.83. The molecule has 1 N–H and O–H groups in total. The van der Waals surface area contributed by atoms with Gasteiger partial charge in [0.25, 0.3) is 0 Å². The topological polar surface area (TPSA) is 63.6 Å². The van der Waals surface area contributed by atoms with Crippen molar-refractivity contribution in [3.05, 3.63) is 11.6 Å². The summed E-state index contributed by atoms with van der Waals surface area (Å²) in [6, 6.07) is 0. The second-order valence-corrected chi connectivity index (χ2v) is 11.4. The predicted octanol–water partition coefficient (Wildman–Crippen LogP) is 6.00. The van der Waals surface area contributed by atoms with Crippen molar-refractivity contribution < 1.29 is 19.4 Å². The highest BCUT2D eigenvalue weighted by Crippen LogP contribution is 2.67. The fraction of sp³-hybridized carbons (Fsp3) is 0.846. The highest BCUT2D eigenvalue weighted by molar-refractivity contribution is 5.66. The van der Waals surface area contributed by atoms with Crippen molar-refractivity contribution >= 4 is 11.9 Å². The molecule has 4 heteroatoms. The summed E-state index contributed by atoms with van der Waals surface area (Å²) < 4.78 is 5.57. The zero-order valence-electron chi connectivity index (χ0n) is 19.3. The summed E-state index contributed by atoms with van der Waals surface area (Å²) in [5.74, 6) is 2.64. The van der Waals surface area contributed by atoms with Crippen LogP contribution in [0.5, 0.6) is 0 Å². The van der Waals surface area contributed by atoms with Crippen LogP contribution in [0.3, 0.4) is 0 Å².